The molecule has 0 saturated carbocycles. The number of aliphatic hydroxyl groups is 1. The Kier molecular flexibility index (Phi) is 4.58. The summed E-state index contributed by atoms with van der Waals surface area (Å²) in [6.07, 6.45) is 1.10. The molecular weight excluding hydrogens is 194 g/mol. The van der Waals surface area contributed by atoms with Gasteiger partial charge in [0.15, 0.2) is 0 Å². The summed E-state index contributed by atoms with van der Waals surface area (Å²) in [7, 11) is 0. The van der Waals surface area contributed by atoms with Crippen LogP contribution in [0.1, 0.15) is 36.6 Å². The van der Waals surface area contributed by atoms with E-state index in [-0.39, 0.29) is 12.6 Å². The van der Waals surface area contributed by atoms with E-state index in [1.807, 2.05) is 18.3 Å². The fourth-order valence-corrected chi connectivity index (χ4v) is 2.34. The van der Waals surface area contributed by atoms with Crippen molar-refractivity contribution in [1.82, 2.24) is 5.32 Å². The number of nitrogens with one attached hydrogen (secondary N) is 1. The smallest absolute Gasteiger partial charge is 0.0582 e. The minimum Gasteiger partial charge on any atom is -0.395 e. The highest BCUT2D eigenvalue weighted by Crippen LogP contribution is 2.23. The van der Waals surface area contributed by atoms with E-state index < -0.39 is 0 Å². The molecule has 0 bridgehead atoms. The maximum absolute atomic E-state index is 8.92. The minimum absolute atomic E-state index is 0.164. The molecule has 3 heteroatoms. The van der Waals surface area contributed by atoms with Crippen molar-refractivity contribution in [2.75, 3.05) is 6.61 Å². The van der Waals surface area contributed by atoms with E-state index >= 15 is 0 Å². The summed E-state index contributed by atoms with van der Waals surface area (Å²) in [5.41, 5.74) is 0. The van der Waals surface area contributed by atoms with Crippen molar-refractivity contribution in [3.8, 4) is 0 Å². The largest absolute Gasteiger partial charge is 0.395 e. The van der Waals surface area contributed by atoms with Gasteiger partial charge >= 0.3 is 0 Å². The normalized spacial score (nSPS) is 15.4. The fourth-order valence-electron chi connectivity index (χ4n) is 1.38. The second-order valence-electron chi connectivity index (χ2n) is 3.63. The Bertz CT molecular complexity index is 272. The van der Waals surface area contributed by atoms with Gasteiger partial charge in [-0.15, -0.1) is 11.3 Å². The Morgan fingerprint density at radius 3 is 2.64 bits per heavy atom. The Morgan fingerprint density at radius 2 is 2.14 bits per heavy atom. The lowest BCUT2D eigenvalue weighted by molar-refractivity contribution is 0.243. The second kappa shape index (κ2) is 5.49. The van der Waals surface area contributed by atoms with Gasteiger partial charge in [0.2, 0.25) is 0 Å². The van der Waals surface area contributed by atoms with E-state index in [1.165, 1.54) is 9.75 Å². The van der Waals surface area contributed by atoms with Crippen molar-refractivity contribution in [2.45, 2.75) is 39.3 Å². The molecule has 14 heavy (non-hydrogen) atoms. The van der Waals surface area contributed by atoms with Gasteiger partial charge < -0.3 is 10.4 Å². The summed E-state index contributed by atoms with van der Waals surface area (Å²) >= 11 is 1.85. The van der Waals surface area contributed by atoms with Gasteiger partial charge in [0.25, 0.3) is 0 Å². The third-order valence-corrected chi connectivity index (χ3v) is 3.68. The molecule has 2 nitrogen and oxygen atoms in total. The van der Waals surface area contributed by atoms with Gasteiger partial charge in [-0.2, -0.15) is 0 Å². The highest BCUT2D eigenvalue weighted by molar-refractivity contribution is 7.12. The molecule has 0 aliphatic heterocycles. The van der Waals surface area contributed by atoms with Gasteiger partial charge in [-0.1, -0.05) is 6.92 Å². The monoisotopic (exact) mass is 213 g/mol. The van der Waals surface area contributed by atoms with Gasteiger partial charge in [-0.3, -0.25) is 0 Å². The SMILES string of the molecule is CCc1ccc(C(C)N[C@@H](C)CO)s1. The molecule has 1 aromatic heterocycles. The van der Waals surface area contributed by atoms with Gasteiger partial charge in [-0.25, -0.2) is 0 Å². The van der Waals surface area contributed by atoms with E-state index in [2.05, 4.69) is 31.3 Å². The first kappa shape index (κ1) is 11.7. The topological polar surface area (TPSA) is 32.3 Å². The molecule has 1 unspecified atom stereocenters. The molecule has 0 amide bonds. The number of thiophene rings is 1. The quantitative estimate of drug-likeness (QED) is 0.787. The number of hydrogen-bond acceptors (Lipinski definition) is 3. The van der Waals surface area contributed by atoms with Crippen molar-refractivity contribution >= 4 is 11.3 Å². The molecular formula is C11H19NOS. The van der Waals surface area contributed by atoms with Crippen LogP contribution in [0.25, 0.3) is 0 Å². The van der Waals surface area contributed by atoms with Crippen LogP contribution in [0, 0.1) is 0 Å². The van der Waals surface area contributed by atoms with E-state index in [9.17, 15) is 0 Å². The van der Waals surface area contributed by atoms with E-state index in [1.54, 1.807) is 0 Å². The zero-order chi connectivity index (χ0) is 10.6. The molecule has 0 aromatic carbocycles. The number of hydrogen-bond donors (Lipinski definition) is 2. The predicted octanol–water partition coefficient (Wildman–Crippen LogP) is 2.34. The standard InChI is InChI=1S/C11H19NOS/c1-4-10-5-6-11(14-10)9(3)12-8(2)7-13/h5-6,8-9,12-13H,4,7H2,1-3H3/t8-,9?/m0/s1. The van der Waals surface area contributed by atoms with Crippen LogP contribution in [0.3, 0.4) is 0 Å². The predicted molar refractivity (Wildman–Crippen MR) is 61.8 cm³/mol. The van der Waals surface area contributed by atoms with Crippen LogP contribution in [0.15, 0.2) is 12.1 Å². The van der Waals surface area contributed by atoms with Crippen LogP contribution >= 0.6 is 11.3 Å². The fraction of sp³-hybridized carbons (Fsp3) is 0.636. The Labute approximate surface area is 90.0 Å². The molecule has 0 saturated heterocycles. The number of aliphatic hydroxyl groups excluding tert-OH is 1. The van der Waals surface area contributed by atoms with E-state index in [0.717, 1.165) is 6.42 Å². The van der Waals surface area contributed by atoms with Crippen LogP contribution in [0.2, 0.25) is 0 Å². The molecule has 0 aliphatic rings. The van der Waals surface area contributed by atoms with Crippen LogP contribution in [0.4, 0.5) is 0 Å². The van der Waals surface area contributed by atoms with Crippen molar-refractivity contribution in [2.24, 2.45) is 0 Å². The van der Waals surface area contributed by atoms with Gasteiger partial charge in [0, 0.05) is 21.8 Å². The number of rotatable bonds is 5. The van der Waals surface area contributed by atoms with Crippen molar-refractivity contribution in [3.63, 3.8) is 0 Å². The van der Waals surface area contributed by atoms with Gasteiger partial charge in [0.1, 0.15) is 0 Å². The molecule has 2 N–H and O–H groups in total. The Morgan fingerprint density at radius 1 is 1.43 bits per heavy atom. The highest BCUT2D eigenvalue weighted by atomic mass is 32.1. The third kappa shape index (κ3) is 3.08. The average Bonchev–Trinajstić information content (AvgIpc) is 2.65. The zero-order valence-corrected chi connectivity index (χ0v) is 9.90. The number of aryl methyl sites for hydroxylation is 1. The summed E-state index contributed by atoms with van der Waals surface area (Å²) in [5.74, 6) is 0. The maximum Gasteiger partial charge on any atom is 0.0582 e. The third-order valence-electron chi connectivity index (χ3n) is 2.27. The summed E-state index contributed by atoms with van der Waals surface area (Å²) in [6, 6.07) is 4.85. The van der Waals surface area contributed by atoms with Crippen molar-refractivity contribution in [1.29, 1.82) is 0 Å². The van der Waals surface area contributed by atoms with Gasteiger partial charge in [0.05, 0.1) is 6.61 Å². The van der Waals surface area contributed by atoms with Crippen molar-refractivity contribution in [3.05, 3.63) is 21.9 Å². The highest BCUT2D eigenvalue weighted by Gasteiger charge is 2.10. The molecule has 80 valence electrons. The van der Waals surface area contributed by atoms with Gasteiger partial charge in [-0.05, 0) is 32.4 Å². The lowest BCUT2D eigenvalue weighted by Crippen LogP contribution is -2.31. The summed E-state index contributed by atoms with van der Waals surface area (Å²) in [4.78, 5) is 2.77. The lowest BCUT2D eigenvalue weighted by atomic mass is 10.2. The molecule has 0 aliphatic carbocycles. The zero-order valence-electron chi connectivity index (χ0n) is 9.08. The summed E-state index contributed by atoms with van der Waals surface area (Å²) in [6.45, 7) is 6.49. The van der Waals surface area contributed by atoms with Crippen LogP contribution in [-0.4, -0.2) is 17.8 Å². The Balaban J connectivity index is 2.55. The summed E-state index contributed by atoms with van der Waals surface area (Å²) in [5, 5.41) is 12.3. The lowest BCUT2D eigenvalue weighted by Gasteiger charge is -2.16. The molecule has 2 atom stereocenters. The Hall–Kier alpha value is -0.380. The van der Waals surface area contributed by atoms with Crippen LogP contribution in [0.5, 0.6) is 0 Å². The molecule has 0 spiro atoms. The van der Waals surface area contributed by atoms with Crippen LogP contribution in [-0.2, 0) is 6.42 Å². The molecule has 0 fully saturated rings. The van der Waals surface area contributed by atoms with E-state index in [0.29, 0.717) is 6.04 Å². The average molecular weight is 213 g/mol. The molecule has 0 radical (unpaired) electrons. The molecule has 1 heterocycles. The first-order chi connectivity index (χ1) is 6.67. The first-order valence-corrected chi connectivity index (χ1v) is 5.94. The summed E-state index contributed by atoms with van der Waals surface area (Å²) < 4.78 is 0. The minimum atomic E-state index is 0.164. The molecule has 1 aromatic rings. The second-order valence-corrected chi connectivity index (χ2v) is 4.83. The molecule has 1 rings (SSSR count). The van der Waals surface area contributed by atoms with Crippen LogP contribution < -0.4 is 5.32 Å². The maximum atomic E-state index is 8.92. The van der Waals surface area contributed by atoms with Crippen molar-refractivity contribution < 1.29 is 5.11 Å². The first-order valence-electron chi connectivity index (χ1n) is 5.12. The van der Waals surface area contributed by atoms with E-state index in [4.69, 9.17) is 5.11 Å².